The molecule has 3 N–H and O–H groups in total. The molecule has 1 aromatic carbocycles. The van der Waals surface area contributed by atoms with Crippen molar-refractivity contribution in [3.8, 4) is 11.4 Å². The minimum Gasteiger partial charge on any atom is -0.367 e. The third-order valence-electron chi connectivity index (χ3n) is 3.43. The number of nitrogens with two attached hydrogens (primary N) is 1. The van der Waals surface area contributed by atoms with Gasteiger partial charge in [0.25, 0.3) is 0 Å². The zero-order chi connectivity index (χ0) is 14.7. The van der Waals surface area contributed by atoms with Gasteiger partial charge in [0, 0.05) is 25.2 Å². The van der Waals surface area contributed by atoms with E-state index in [1.165, 1.54) is 0 Å². The van der Waals surface area contributed by atoms with E-state index >= 15 is 0 Å². The fourth-order valence-corrected chi connectivity index (χ4v) is 2.32. The number of carbonyl (C=O) groups is 1. The predicted molar refractivity (Wildman–Crippen MR) is 73.8 cm³/mol. The molecule has 1 amide bonds. The van der Waals surface area contributed by atoms with Crippen molar-refractivity contribution in [1.82, 2.24) is 25.5 Å². The highest BCUT2D eigenvalue weighted by molar-refractivity contribution is 5.79. The van der Waals surface area contributed by atoms with Crippen molar-refractivity contribution in [2.24, 2.45) is 5.73 Å². The van der Waals surface area contributed by atoms with Gasteiger partial charge >= 0.3 is 0 Å². The summed E-state index contributed by atoms with van der Waals surface area (Å²) in [5, 5.41) is 13.8. The molecule has 1 fully saturated rings. The summed E-state index contributed by atoms with van der Waals surface area (Å²) in [4.78, 5) is 13.3. The van der Waals surface area contributed by atoms with Gasteiger partial charge in [-0.1, -0.05) is 24.3 Å². The molecule has 8 nitrogen and oxygen atoms in total. The van der Waals surface area contributed by atoms with Crippen molar-refractivity contribution in [3.63, 3.8) is 0 Å². The molecule has 1 aliphatic rings. The highest BCUT2D eigenvalue weighted by atomic mass is 16.5. The van der Waals surface area contributed by atoms with Gasteiger partial charge in [-0.05, 0) is 10.8 Å². The Morgan fingerprint density at radius 1 is 1.43 bits per heavy atom. The Morgan fingerprint density at radius 3 is 2.90 bits per heavy atom. The lowest BCUT2D eigenvalue weighted by Gasteiger charge is -2.31. The van der Waals surface area contributed by atoms with Gasteiger partial charge in [-0.15, -0.1) is 10.2 Å². The predicted octanol–water partition coefficient (Wildman–Crippen LogP) is -0.447. The van der Waals surface area contributed by atoms with Crippen molar-refractivity contribution in [2.75, 3.05) is 19.7 Å². The van der Waals surface area contributed by atoms with Gasteiger partial charge < -0.3 is 10.5 Å². The summed E-state index contributed by atoms with van der Waals surface area (Å²) in [5.74, 6) is 0.161. The standard InChI is InChI=1S/C13H16N6O2/c14-12(20)11-8-19(5-6-21-11)7-9-1-3-10(4-2-9)13-15-17-18-16-13/h1-4,11H,5-8H2,(H2,14,20)(H,15,16,17,18)/t11-/m1/s1. The molecular formula is C13H16N6O2. The van der Waals surface area contributed by atoms with Crippen LogP contribution in [0.2, 0.25) is 0 Å². The summed E-state index contributed by atoms with van der Waals surface area (Å²) in [5.41, 5.74) is 7.34. The summed E-state index contributed by atoms with van der Waals surface area (Å²) >= 11 is 0. The number of rotatable bonds is 4. The lowest BCUT2D eigenvalue weighted by Crippen LogP contribution is -2.47. The minimum atomic E-state index is -0.516. The molecule has 3 rings (SSSR count). The van der Waals surface area contributed by atoms with Crippen LogP contribution < -0.4 is 5.73 Å². The monoisotopic (exact) mass is 288 g/mol. The van der Waals surface area contributed by atoms with E-state index in [9.17, 15) is 4.79 Å². The number of aromatic nitrogens is 4. The number of nitrogens with one attached hydrogen (secondary N) is 1. The highest BCUT2D eigenvalue weighted by Gasteiger charge is 2.24. The smallest absolute Gasteiger partial charge is 0.247 e. The van der Waals surface area contributed by atoms with Crippen LogP contribution in [0.4, 0.5) is 0 Å². The van der Waals surface area contributed by atoms with Gasteiger partial charge in [-0.2, -0.15) is 5.21 Å². The Balaban J connectivity index is 1.64. The molecule has 0 bridgehead atoms. The molecule has 1 aliphatic heterocycles. The van der Waals surface area contributed by atoms with Crippen molar-refractivity contribution in [3.05, 3.63) is 29.8 Å². The fraction of sp³-hybridized carbons (Fsp3) is 0.385. The lowest BCUT2D eigenvalue weighted by atomic mass is 10.1. The fourth-order valence-electron chi connectivity index (χ4n) is 2.32. The molecule has 0 saturated carbocycles. The van der Waals surface area contributed by atoms with E-state index in [2.05, 4.69) is 25.5 Å². The number of carbonyl (C=O) groups excluding carboxylic acids is 1. The normalized spacial score (nSPS) is 19.5. The molecule has 0 aliphatic carbocycles. The molecular weight excluding hydrogens is 272 g/mol. The molecule has 110 valence electrons. The van der Waals surface area contributed by atoms with Gasteiger partial charge in [0.05, 0.1) is 6.61 Å². The van der Waals surface area contributed by atoms with E-state index in [1.54, 1.807) is 0 Å². The van der Waals surface area contributed by atoms with Gasteiger partial charge in [0.1, 0.15) is 6.10 Å². The molecule has 1 atom stereocenters. The number of nitrogens with zero attached hydrogens (tertiary/aromatic N) is 4. The van der Waals surface area contributed by atoms with Gasteiger partial charge in [-0.25, -0.2) is 0 Å². The second-order valence-corrected chi connectivity index (χ2v) is 4.93. The maximum Gasteiger partial charge on any atom is 0.247 e. The minimum absolute atomic E-state index is 0.410. The van der Waals surface area contributed by atoms with Crippen molar-refractivity contribution in [2.45, 2.75) is 12.6 Å². The lowest BCUT2D eigenvalue weighted by molar-refractivity contribution is -0.135. The van der Waals surface area contributed by atoms with Crippen LogP contribution in [-0.2, 0) is 16.1 Å². The first-order chi connectivity index (χ1) is 10.2. The largest absolute Gasteiger partial charge is 0.367 e. The number of hydrogen-bond acceptors (Lipinski definition) is 6. The van der Waals surface area contributed by atoms with Gasteiger partial charge in [-0.3, -0.25) is 9.69 Å². The first-order valence-corrected chi connectivity index (χ1v) is 6.68. The van der Waals surface area contributed by atoms with Crippen molar-refractivity contribution < 1.29 is 9.53 Å². The van der Waals surface area contributed by atoms with Crippen LogP contribution in [0.25, 0.3) is 11.4 Å². The maximum absolute atomic E-state index is 11.2. The Morgan fingerprint density at radius 2 is 2.24 bits per heavy atom. The Labute approximate surface area is 121 Å². The summed E-state index contributed by atoms with van der Waals surface area (Å²) < 4.78 is 5.33. The Bertz CT molecular complexity index is 598. The third kappa shape index (κ3) is 3.23. The quantitative estimate of drug-likeness (QED) is 0.788. The zero-order valence-electron chi connectivity index (χ0n) is 11.4. The molecule has 8 heteroatoms. The number of tetrazole rings is 1. The topological polar surface area (TPSA) is 110 Å². The number of primary amides is 1. The summed E-state index contributed by atoms with van der Waals surface area (Å²) in [6.45, 7) is 2.59. The first kappa shape index (κ1) is 13.7. The average molecular weight is 288 g/mol. The number of H-pyrrole nitrogens is 1. The summed E-state index contributed by atoms with van der Waals surface area (Å²) in [7, 11) is 0. The number of morpholine rings is 1. The number of aromatic amines is 1. The highest BCUT2D eigenvalue weighted by Crippen LogP contribution is 2.16. The maximum atomic E-state index is 11.2. The Hall–Kier alpha value is -2.32. The number of amides is 1. The molecule has 1 saturated heterocycles. The second kappa shape index (κ2) is 5.98. The van der Waals surface area contributed by atoms with Crippen LogP contribution in [0, 0.1) is 0 Å². The molecule has 21 heavy (non-hydrogen) atoms. The van der Waals surface area contributed by atoms with Crippen LogP contribution in [0.3, 0.4) is 0 Å². The molecule has 2 heterocycles. The van der Waals surface area contributed by atoms with Gasteiger partial charge in [0.2, 0.25) is 11.7 Å². The number of benzene rings is 1. The van der Waals surface area contributed by atoms with E-state index in [4.69, 9.17) is 10.5 Å². The van der Waals surface area contributed by atoms with Crippen LogP contribution in [-0.4, -0.2) is 57.2 Å². The second-order valence-electron chi connectivity index (χ2n) is 4.93. The molecule has 1 aromatic heterocycles. The van der Waals surface area contributed by atoms with E-state index in [0.29, 0.717) is 19.0 Å². The van der Waals surface area contributed by atoms with Crippen LogP contribution in [0.1, 0.15) is 5.56 Å². The average Bonchev–Trinajstić information content (AvgIpc) is 3.02. The summed E-state index contributed by atoms with van der Waals surface area (Å²) in [6.07, 6.45) is -0.516. The van der Waals surface area contributed by atoms with E-state index in [1.807, 2.05) is 24.3 Å². The molecule has 2 aromatic rings. The molecule has 0 spiro atoms. The molecule has 0 radical (unpaired) electrons. The van der Waals surface area contributed by atoms with Crippen LogP contribution in [0.5, 0.6) is 0 Å². The van der Waals surface area contributed by atoms with Gasteiger partial charge in [0.15, 0.2) is 0 Å². The summed E-state index contributed by atoms with van der Waals surface area (Å²) in [6, 6.07) is 7.93. The molecule has 0 unspecified atom stereocenters. The van der Waals surface area contributed by atoms with Crippen molar-refractivity contribution >= 4 is 5.91 Å². The van der Waals surface area contributed by atoms with Crippen LogP contribution in [0.15, 0.2) is 24.3 Å². The van der Waals surface area contributed by atoms with Crippen molar-refractivity contribution in [1.29, 1.82) is 0 Å². The van der Waals surface area contributed by atoms with E-state index in [-0.39, 0.29) is 0 Å². The number of hydrogen-bond donors (Lipinski definition) is 2. The van der Waals surface area contributed by atoms with Crippen LogP contribution >= 0.6 is 0 Å². The zero-order valence-corrected chi connectivity index (χ0v) is 11.4. The van der Waals surface area contributed by atoms with E-state index in [0.717, 1.165) is 24.2 Å². The SMILES string of the molecule is NC(=O)[C@H]1CN(Cc2ccc(-c3nn[nH]n3)cc2)CCO1. The first-order valence-electron chi connectivity index (χ1n) is 6.68. The third-order valence-corrected chi connectivity index (χ3v) is 3.43. The Kier molecular flexibility index (Phi) is 3.89. The number of ether oxygens (including phenoxy) is 1. The van der Waals surface area contributed by atoms with E-state index < -0.39 is 12.0 Å².